The SMILES string of the molecule is CCOP(=O)(C/C(C)=C/OP(=O)(Oc1ccccc1)Oc1ccccc1)OCC. The topological polar surface area (TPSA) is 80.3 Å². The van der Waals surface area contributed by atoms with Crippen molar-refractivity contribution in [2.75, 3.05) is 19.4 Å². The summed E-state index contributed by atoms with van der Waals surface area (Å²) in [6.07, 6.45) is 1.20. The molecule has 2 aromatic carbocycles. The lowest BCUT2D eigenvalue weighted by atomic mass is 10.3. The van der Waals surface area contributed by atoms with Gasteiger partial charge in [0.1, 0.15) is 11.5 Å². The van der Waals surface area contributed by atoms with E-state index in [2.05, 4.69) is 0 Å². The number of rotatable bonds is 12. The summed E-state index contributed by atoms with van der Waals surface area (Å²) in [5, 5.41) is 0. The largest absolute Gasteiger partial charge is 0.646 e. The smallest absolute Gasteiger partial charge is 0.394 e. The summed E-state index contributed by atoms with van der Waals surface area (Å²) in [5.74, 6) is 0.652. The van der Waals surface area contributed by atoms with Crippen molar-refractivity contribution in [3.63, 3.8) is 0 Å². The molecule has 0 aliphatic rings. The molecule has 0 aromatic heterocycles. The van der Waals surface area contributed by atoms with E-state index in [0.29, 0.717) is 17.1 Å². The molecule has 0 bridgehead atoms. The monoisotopic (exact) mass is 440 g/mol. The van der Waals surface area contributed by atoms with Crippen LogP contribution >= 0.6 is 15.4 Å². The van der Waals surface area contributed by atoms with Crippen molar-refractivity contribution in [3.8, 4) is 11.5 Å². The fourth-order valence-electron chi connectivity index (χ4n) is 2.30. The summed E-state index contributed by atoms with van der Waals surface area (Å²) in [4.78, 5) is 0. The van der Waals surface area contributed by atoms with Gasteiger partial charge >= 0.3 is 15.4 Å². The van der Waals surface area contributed by atoms with Crippen LogP contribution in [-0.2, 0) is 22.7 Å². The first-order valence-corrected chi connectivity index (χ1v) is 12.4. The zero-order valence-corrected chi connectivity index (χ0v) is 18.5. The molecule has 0 N–H and O–H groups in total. The summed E-state index contributed by atoms with van der Waals surface area (Å²) < 4.78 is 52.9. The Morgan fingerprint density at radius 3 is 1.69 bits per heavy atom. The lowest BCUT2D eigenvalue weighted by Gasteiger charge is -2.19. The molecule has 0 fully saturated rings. The van der Waals surface area contributed by atoms with Gasteiger partial charge in [0, 0.05) is 0 Å². The Labute approximate surface area is 171 Å². The fourth-order valence-corrected chi connectivity index (χ4v) is 5.22. The number of para-hydroxylation sites is 2. The number of phosphoric ester groups is 1. The van der Waals surface area contributed by atoms with Gasteiger partial charge in [-0.25, -0.2) is 0 Å². The normalized spacial score (nSPS) is 12.4. The van der Waals surface area contributed by atoms with Gasteiger partial charge in [-0.1, -0.05) is 36.4 Å². The molecule has 0 saturated carbocycles. The van der Waals surface area contributed by atoms with E-state index in [4.69, 9.17) is 22.6 Å². The quantitative estimate of drug-likeness (QED) is 0.278. The molecule has 0 aliphatic heterocycles. The van der Waals surface area contributed by atoms with Crippen LogP contribution in [0.1, 0.15) is 20.8 Å². The van der Waals surface area contributed by atoms with E-state index in [-0.39, 0.29) is 19.4 Å². The van der Waals surface area contributed by atoms with E-state index in [1.807, 2.05) is 0 Å². The van der Waals surface area contributed by atoms with Crippen molar-refractivity contribution < 1.29 is 31.7 Å². The first-order valence-electron chi connectivity index (χ1n) is 9.19. The van der Waals surface area contributed by atoms with Crippen LogP contribution in [0.25, 0.3) is 0 Å². The van der Waals surface area contributed by atoms with Crippen LogP contribution in [0.5, 0.6) is 11.5 Å². The Hall–Kier alpha value is -2.04. The highest BCUT2D eigenvalue weighted by Gasteiger charge is 2.32. The van der Waals surface area contributed by atoms with Crippen molar-refractivity contribution in [1.29, 1.82) is 0 Å². The molecule has 0 atom stereocenters. The van der Waals surface area contributed by atoms with Gasteiger partial charge in [-0.05, 0) is 50.6 Å². The number of benzene rings is 2. The molecule has 0 radical (unpaired) electrons. The van der Waals surface area contributed by atoms with Gasteiger partial charge < -0.3 is 22.6 Å². The minimum Gasteiger partial charge on any atom is -0.394 e. The molecule has 0 unspecified atom stereocenters. The molecule has 29 heavy (non-hydrogen) atoms. The Morgan fingerprint density at radius 1 is 0.828 bits per heavy atom. The number of hydrogen-bond acceptors (Lipinski definition) is 7. The van der Waals surface area contributed by atoms with Crippen LogP contribution in [0.2, 0.25) is 0 Å². The van der Waals surface area contributed by atoms with E-state index in [9.17, 15) is 9.13 Å². The van der Waals surface area contributed by atoms with Crippen molar-refractivity contribution in [3.05, 3.63) is 72.5 Å². The number of allylic oxidation sites excluding steroid dienone is 1. The highest BCUT2D eigenvalue weighted by Crippen LogP contribution is 2.52. The summed E-state index contributed by atoms with van der Waals surface area (Å²) >= 11 is 0. The molecule has 2 aromatic rings. The Balaban J connectivity index is 2.19. The highest BCUT2D eigenvalue weighted by molar-refractivity contribution is 7.54. The van der Waals surface area contributed by atoms with Crippen LogP contribution in [0.3, 0.4) is 0 Å². The summed E-state index contributed by atoms with van der Waals surface area (Å²) in [5.41, 5.74) is 0.504. The van der Waals surface area contributed by atoms with Gasteiger partial charge in [0.25, 0.3) is 0 Å². The summed E-state index contributed by atoms with van der Waals surface area (Å²) in [7, 11) is -7.37. The van der Waals surface area contributed by atoms with Crippen LogP contribution < -0.4 is 9.05 Å². The van der Waals surface area contributed by atoms with Crippen LogP contribution in [0.15, 0.2) is 72.5 Å². The average Bonchev–Trinajstić information content (AvgIpc) is 2.68. The molecule has 0 saturated heterocycles. The maximum absolute atomic E-state index is 13.2. The second kappa shape index (κ2) is 11.2. The second-order valence-electron chi connectivity index (χ2n) is 5.93. The summed E-state index contributed by atoms with van der Waals surface area (Å²) in [6, 6.07) is 17.1. The van der Waals surface area contributed by atoms with Gasteiger partial charge in [-0.2, -0.15) is 4.57 Å². The predicted octanol–water partition coefficient (Wildman–Crippen LogP) is 6.44. The molecule has 7 nitrogen and oxygen atoms in total. The standard InChI is InChI=1S/C20H26O7P2/c1-4-23-28(21,24-5-2)17-18(3)16-25-29(22,26-19-12-8-6-9-13-19)27-20-14-10-7-11-15-20/h6-16H,4-5,17H2,1-3H3/b18-16+. The van der Waals surface area contributed by atoms with Crippen LogP contribution in [-0.4, -0.2) is 19.4 Å². The third kappa shape index (κ3) is 8.08. The molecule has 158 valence electrons. The first kappa shape index (κ1) is 23.2. The Kier molecular flexibility index (Phi) is 8.99. The summed E-state index contributed by atoms with van der Waals surface area (Å²) in [6.45, 7) is 5.63. The lowest BCUT2D eigenvalue weighted by Crippen LogP contribution is -2.04. The van der Waals surface area contributed by atoms with E-state index in [0.717, 1.165) is 0 Å². The van der Waals surface area contributed by atoms with Crippen molar-refractivity contribution in [1.82, 2.24) is 0 Å². The second-order valence-corrected chi connectivity index (χ2v) is 9.45. The van der Waals surface area contributed by atoms with E-state index in [1.54, 1.807) is 81.4 Å². The van der Waals surface area contributed by atoms with E-state index < -0.39 is 15.4 Å². The third-order valence-electron chi connectivity index (χ3n) is 3.40. The highest BCUT2D eigenvalue weighted by atomic mass is 31.2. The molecular formula is C20H26O7P2. The van der Waals surface area contributed by atoms with Gasteiger partial charge in [0.05, 0.1) is 25.6 Å². The maximum Gasteiger partial charge on any atom is 0.646 e. The van der Waals surface area contributed by atoms with Gasteiger partial charge in [-0.15, -0.1) is 0 Å². The van der Waals surface area contributed by atoms with Crippen LogP contribution in [0.4, 0.5) is 0 Å². The first-order chi connectivity index (χ1) is 13.9. The predicted molar refractivity (Wildman–Crippen MR) is 112 cm³/mol. The van der Waals surface area contributed by atoms with Crippen molar-refractivity contribution >= 4 is 15.4 Å². The molecule has 0 spiro atoms. The zero-order valence-electron chi connectivity index (χ0n) is 16.7. The third-order valence-corrected chi connectivity index (χ3v) is 6.82. The number of hydrogen-bond donors (Lipinski definition) is 0. The molecular weight excluding hydrogens is 414 g/mol. The minimum atomic E-state index is -4.06. The van der Waals surface area contributed by atoms with Crippen molar-refractivity contribution in [2.45, 2.75) is 20.8 Å². The average molecular weight is 440 g/mol. The molecule has 0 aliphatic carbocycles. The lowest BCUT2D eigenvalue weighted by molar-refractivity contribution is 0.221. The zero-order chi connectivity index (χ0) is 21.2. The fraction of sp³-hybridized carbons (Fsp3) is 0.300. The minimum absolute atomic E-state index is 0.00858. The maximum atomic E-state index is 13.2. The van der Waals surface area contributed by atoms with Gasteiger partial charge in [-0.3, -0.25) is 4.57 Å². The Morgan fingerprint density at radius 2 is 1.28 bits per heavy atom. The molecule has 9 heteroatoms. The van der Waals surface area contributed by atoms with Gasteiger partial charge in [0.15, 0.2) is 0 Å². The van der Waals surface area contributed by atoms with Crippen LogP contribution in [0, 0.1) is 0 Å². The Bertz CT molecular complexity index is 813. The number of phosphoric acid groups is 1. The van der Waals surface area contributed by atoms with Gasteiger partial charge in [0.2, 0.25) is 0 Å². The molecule has 0 heterocycles. The molecule has 0 amide bonds. The van der Waals surface area contributed by atoms with E-state index in [1.165, 1.54) is 6.26 Å². The van der Waals surface area contributed by atoms with Crippen molar-refractivity contribution in [2.24, 2.45) is 0 Å². The molecule has 2 rings (SSSR count). The van der Waals surface area contributed by atoms with E-state index >= 15 is 0 Å².